The third kappa shape index (κ3) is 31.3. The third-order valence-electron chi connectivity index (χ3n) is 8.66. The molecule has 0 spiro atoms. The van der Waals surface area contributed by atoms with Crippen LogP contribution in [-0.2, 0) is 44.5 Å². The van der Waals surface area contributed by atoms with Crippen LogP contribution in [0.4, 0.5) is 0 Å². The smallest absolute Gasteiger partial charge is 0.339 e. The van der Waals surface area contributed by atoms with Crippen LogP contribution in [0.5, 0.6) is 5.75 Å². The molecule has 0 saturated heterocycles. The monoisotopic (exact) mass is 780 g/mol. The molecule has 55 heavy (non-hydrogen) atoms. The molecule has 0 unspecified atom stereocenters. The van der Waals surface area contributed by atoms with Crippen LogP contribution < -0.4 is 15.4 Å². The van der Waals surface area contributed by atoms with E-state index in [1.54, 1.807) is 12.1 Å². The molecular formula is C41H68N2O12. The molecule has 0 bridgehead atoms. The summed E-state index contributed by atoms with van der Waals surface area (Å²) in [5.41, 5.74) is 0.973. The minimum Gasteiger partial charge on any atom is -0.483 e. The maximum Gasteiger partial charge on any atom is 0.339 e. The van der Waals surface area contributed by atoms with Gasteiger partial charge in [0.1, 0.15) is 24.5 Å². The van der Waals surface area contributed by atoms with Gasteiger partial charge in [-0.3, -0.25) is 19.2 Å². The van der Waals surface area contributed by atoms with Gasteiger partial charge in [0.05, 0.1) is 39.6 Å². The summed E-state index contributed by atoms with van der Waals surface area (Å²) in [4.78, 5) is 57.1. The van der Waals surface area contributed by atoms with Gasteiger partial charge in [-0.2, -0.15) is 0 Å². The van der Waals surface area contributed by atoms with E-state index in [0.29, 0.717) is 32.8 Å². The van der Waals surface area contributed by atoms with Gasteiger partial charge in [0, 0.05) is 19.5 Å². The van der Waals surface area contributed by atoms with Crippen molar-refractivity contribution in [2.45, 2.75) is 122 Å². The Bertz CT molecular complexity index is 1200. The molecule has 0 radical (unpaired) electrons. The van der Waals surface area contributed by atoms with Gasteiger partial charge in [-0.25, -0.2) is 4.79 Å². The Labute approximate surface area is 327 Å². The molecule has 314 valence electrons. The van der Waals surface area contributed by atoms with Crippen molar-refractivity contribution >= 4 is 29.5 Å². The molecule has 0 heterocycles. The predicted octanol–water partition coefficient (Wildman–Crippen LogP) is 5.91. The number of benzene rings is 1. The number of rotatable bonds is 39. The zero-order valence-corrected chi connectivity index (χ0v) is 33.2. The Hall–Kier alpha value is -3.59. The van der Waals surface area contributed by atoms with Crippen LogP contribution in [0, 0.1) is 0 Å². The molecule has 0 saturated carbocycles. The summed E-state index contributed by atoms with van der Waals surface area (Å²) in [6, 6.07) is 5.10. The highest BCUT2D eigenvalue weighted by Gasteiger charge is 2.14. The number of amides is 2. The number of aromatic carboxylic acids is 1. The minimum atomic E-state index is -1.10. The summed E-state index contributed by atoms with van der Waals surface area (Å²) in [6.45, 7) is 3.24. The lowest BCUT2D eigenvalue weighted by atomic mass is 10.0. The fourth-order valence-corrected chi connectivity index (χ4v) is 5.70. The average molecular weight is 781 g/mol. The van der Waals surface area contributed by atoms with E-state index in [9.17, 15) is 29.1 Å². The molecule has 2 amide bonds. The maximum atomic E-state index is 12.2. The van der Waals surface area contributed by atoms with Crippen molar-refractivity contribution < 1.29 is 57.9 Å². The Morgan fingerprint density at radius 3 is 1.49 bits per heavy atom. The molecule has 1 aromatic carbocycles. The van der Waals surface area contributed by atoms with Gasteiger partial charge in [-0.05, 0) is 43.9 Å². The summed E-state index contributed by atoms with van der Waals surface area (Å²) in [6.07, 6.45) is 20.0. The predicted molar refractivity (Wildman–Crippen MR) is 209 cm³/mol. The maximum absolute atomic E-state index is 12.2. The lowest BCUT2D eigenvalue weighted by molar-refractivity contribution is -0.137. The fraction of sp³-hybridized carbons (Fsp3) is 0.732. The van der Waals surface area contributed by atoms with Crippen LogP contribution in [0.3, 0.4) is 0 Å². The van der Waals surface area contributed by atoms with Crippen LogP contribution in [-0.4, -0.2) is 112 Å². The molecule has 14 heteroatoms. The van der Waals surface area contributed by atoms with Gasteiger partial charge in [0.2, 0.25) is 5.91 Å². The fourth-order valence-electron chi connectivity index (χ4n) is 5.70. The number of aryl methyl sites for hydroxylation is 1. The number of Topliss-reactive ketones (excluding diaryl/α,β-unsaturated/α-hetero) is 1. The van der Waals surface area contributed by atoms with Gasteiger partial charge in [0.25, 0.3) is 5.91 Å². The van der Waals surface area contributed by atoms with Crippen molar-refractivity contribution in [3.63, 3.8) is 0 Å². The number of aliphatic carboxylic acids is 1. The van der Waals surface area contributed by atoms with Crippen molar-refractivity contribution in [3.05, 3.63) is 29.3 Å². The Balaban J connectivity index is 2.03. The summed E-state index contributed by atoms with van der Waals surface area (Å²) in [7, 11) is 0. The van der Waals surface area contributed by atoms with Crippen LogP contribution in [0.2, 0.25) is 0 Å². The molecule has 1 rings (SSSR count). The van der Waals surface area contributed by atoms with Crippen molar-refractivity contribution in [1.29, 1.82) is 0 Å². The number of carbonyl (C=O) groups excluding carboxylic acids is 3. The second-order valence-corrected chi connectivity index (χ2v) is 13.7. The van der Waals surface area contributed by atoms with Gasteiger partial charge >= 0.3 is 11.9 Å². The number of ketones is 1. The second kappa shape index (κ2) is 34.9. The number of ether oxygens (including phenoxy) is 5. The lowest BCUT2D eigenvalue weighted by Gasteiger charge is -2.12. The number of carbonyl (C=O) groups is 5. The highest BCUT2D eigenvalue weighted by Crippen LogP contribution is 2.22. The van der Waals surface area contributed by atoms with Gasteiger partial charge in [-0.15, -0.1) is 0 Å². The highest BCUT2D eigenvalue weighted by atomic mass is 16.5. The number of hydrogen-bond donors (Lipinski definition) is 4. The van der Waals surface area contributed by atoms with Crippen molar-refractivity contribution in [1.82, 2.24) is 10.6 Å². The summed E-state index contributed by atoms with van der Waals surface area (Å²) in [5, 5.41) is 23.7. The first-order chi connectivity index (χ1) is 26.7. The average Bonchev–Trinajstić information content (AvgIpc) is 3.15. The number of carboxylic acid groups (broad SMARTS) is 2. The van der Waals surface area contributed by atoms with E-state index in [1.807, 2.05) is 6.07 Å². The second-order valence-electron chi connectivity index (χ2n) is 13.7. The van der Waals surface area contributed by atoms with E-state index in [0.717, 1.165) is 44.1 Å². The lowest BCUT2D eigenvalue weighted by Crippen LogP contribution is -2.32. The number of carboxylic acids is 2. The molecule has 1 aromatic rings. The molecule has 0 fully saturated rings. The van der Waals surface area contributed by atoms with E-state index < -0.39 is 17.8 Å². The van der Waals surface area contributed by atoms with Crippen molar-refractivity contribution in [2.75, 3.05) is 72.6 Å². The summed E-state index contributed by atoms with van der Waals surface area (Å²) < 4.78 is 26.5. The first kappa shape index (κ1) is 49.4. The number of unbranched alkanes of at least 4 members (excludes halogenated alkanes) is 15. The minimum absolute atomic E-state index is 0.0381. The molecule has 0 aliphatic rings. The van der Waals surface area contributed by atoms with Gasteiger partial charge < -0.3 is 44.5 Å². The third-order valence-corrected chi connectivity index (χ3v) is 8.66. The molecule has 0 aliphatic carbocycles. The van der Waals surface area contributed by atoms with E-state index in [-0.39, 0.29) is 69.2 Å². The summed E-state index contributed by atoms with van der Waals surface area (Å²) in [5.74, 6) is -2.38. The Morgan fingerprint density at radius 1 is 0.545 bits per heavy atom. The largest absolute Gasteiger partial charge is 0.483 e. The quantitative estimate of drug-likeness (QED) is 0.0578. The molecule has 0 aliphatic heterocycles. The highest BCUT2D eigenvalue weighted by molar-refractivity contribution is 5.91. The topological polar surface area (TPSA) is 196 Å². The SMILES string of the molecule is CC(=O)COCCOCCNC(=O)COCCOCCNC(=O)COc1ccc(CCCCCCCCCCCCCCCCCCC(=O)O)cc1C(=O)O. The standard InChI is InChI=1S/C41H68N2O12/c1-34(44)31-53-28-26-51-24-22-42-38(45)32-54-29-27-52-25-23-43-39(46)33-55-37-21-20-35(30-36(37)41(49)50)18-16-14-12-10-8-6-4-2-3-5-7-9-11-13-15-17-19-40(47)48/h20-21,30H,2-19,22-29,31-33H2,1H3,(H,42,45)(H,43,46)(H,47,48)(H,49,50). The van der Waals surface area contributed by atoms with Crippen molar-refractivity contribution in [2.24, 2.45) is 0 Å². The van der Waals surface area contributed by atoms with E-state index in [1.165, 1.54) is 77.6 Å². The molecule has 14 nitrogen and oxygen atoms in total. The normalized spacial score (nSPS) is 11.0. The van der Waals surface area contributed by atoms with Gasteiger partial charge in [0.15, 0.2) is 12.4 Å². The number of nitrogens with one attached hydrogen (secondary N) is 2. The van der Waals surface area contributed by atoms with Gasteiger partial charge in [-0.1, -0.05) is 96.0 Å². The zero-order valence-electron chi connectivity index (χ0n) is 33.2. The zero-order chi connectivity index (χ0) is 40.2. The first-order valence-corrected chi connectivity index (χ1v) is 20.2. The van der Waals surface area contributed by atoms with Crippen LogP contribution in [0.15, 0.2) is 18.2 Å². The van der Waals surface area contributed by atoms with Crippen LogP contribution >= 0.6 is 0 Å². The van der Waals surface area contributed by atoms with Crippen LogP contribution in [0.25, 0.3) is 0 Å². The Kier molecular flexibility index (Phi) is 31.3. The molecule has 4 N–H and O–H groups in total. The Morgan fingerprint density at radius 2 is 1.00 bits per heavy atom. The number of hydrogen-bond acceptors (Lipinski definition) is 10. The molecule has 0 atom stereocenters. The molecular weight excluding hydrogens is 712 g/mol. The van der Waals surface area contributed by atoms with Crippen molar-refractivity contribution in [3.8, 4) is 5.75 Å². The van der Waals surface area contributed by atoms with E-state index in [2.05, 4.69) is 10.6 Å². The summed E-state index contributed by atoms with van der Waals surface area (Å²) >= 11 is 0. The van der Waals surface area contributed by atoms with E-state index >= 15 is 0 Å². The van der Waals surface area contributed by atoms with Crippen LogP contribution in [0.1, 0.15) is 132 Å². The molecule has 0 aromatic heterocycles. The first-order valence-electron chi connectivity index (χ1n) is 20.2. The van der Waals surface area contributed by atoms with E-state index in [4.69, 9.17) is 28.8 Å².